The molecule has 3 nitrogen and oxygen atoms in total. The maximum absolute atomic E-state index is 11.2. The second-order valence-corrected chi connectivity index (χ2v) is 12.3. The molecule has 228 valence electrons. The van der Waals surface area contributed by atoms with E-state index >= 15 is 0 Å². The van der Waals surface area contributed by atoms with E-state index in [2.05, 4.69) is 19.2 Å². The molecule has 0 spiro atoms. The Bertz CT molecular complexity index is 453. The van der Waals surface area contributed by atoms with E-state index in [1.165, 1.54) is 186 Å². The van der Waals surface area contributed by atoms with Crippen molar-refractivity contribution in [1.29, 1.82) is 0 Å². The second kappa shape index (κ2) is 32.5. The predicted octanol–water partition coefficient (Wildman–Crippen LogP) is 12.8. The lowest BCUT2D eigenvalue weighted by molar-refractivity contribution is 0.187. The van der Waals surface area contributed by atoms with Gasteiger partial charge in [0.25, 0.3) is 0 Å². The number of hydrogen-bond donors (Lipinski definition) is 2. The molecule has 0 saturated heterocycles. The zero-order chi connectivity index (χ0) is 27.8. The average molecular weight is 538 g/mol. The fourth-order valence-electron chi connectivity index (χ4n) is 5.81. The van der Waals surface area contributed by atoms with E-state index in [9.17, 15) is 9.90 Å². The van der Waals surface area contributed by atoms with Crippen LogP contribution in [0.4, 0.5) is 4.79 Å². The molecule has 0 aromatic carbocycles. The Balaban J connectivity index is 3.48. The van der Waals surface area contributed by atoms with Gasteiger partial charge in [-0.3, -0.25) is 0 Å². The first kappa shape index (κ1) is 37.3. The molecule has 0 aromatic rings. The maximum Gasteiger partial charge on any atom is 0.404 e. The normalized spacial score (nSPS) is 12.2. The minimum absolute atomic E-state index is 0.159. The third-order valence-electron chi connectivity index (χ3n) is 8.39. The van der Waals surface area contributed by atoms with Gasteiger partial charge in [0.05, 0.1) is 0 Å². The molecule has 0 heterocycles. The molecule has 0 aliphatic carbocycles. The molecule has 0 aliphatic rings. The Morgan fingerprint density at radius 2 is 0.632 bits per heavy atom. The molecular formula is C35H71NO2. The van der Waals surface area contributed by atoms with Crippen molar-refractivity contribution in [1.82, 2.24) is 5.32 Å². The summed E-state index contributed by atoms with van der Waals surface area (Å²) in [5.74, 6) is 0. The predicted molar refractivity (Wildman–Crippen MR) is 169 cm³/mol. The SMILES string of the molecule is CCCCCCCCCCCCCCCCCC(CCCCCCCCCCCCCCCC)NC(=O)O. The van der Waals surface area contributed by atoms with Crippen LogP contribution in [-0.4, -0.2) is 17.2 Å². The van der Waals surface area contributed by atoms with Gasteiger partial charge in [0, 0.05) is 6.04 Å². The van der Waals surface area contributed by atoms with Crippen molar-refractivity contribution in [3.63, 3.8) is 0 Å². The summed E-state index contributed by atoms with van der Waals surface area (Å²) in [5, 5.41) is 12.0. The van der Waals surface area contributed by atoms with Gasteiger partial charge in [-0.25, -0.2) is 4.79 Å². The monoisotopic (exact) mass is 538 g/mol. The van der Waals surface area contributed by atoms with Gasteiger partial charge in [-0.05, 0) is 12.8 Å². The molecular weight excluding hydrogens is 466 g/mol. The van der Waals surface area contributed by atoms with Gasteiger partial charge < -0.3 is 10.4 Å². The van der Waals surface area contributed by atoms with E-state index in [1.807, 2.05) is 0 Å². The van der Waals surface area contributed by atoms with Crippen LogP contribution in [0.1, 0.15) is 213 Å². The van der Waals surface area contributed by atoms with Crippen LogP contribution >= 0.6 is 0 Å². The fourth-order valence-corrected chi connectivity index (χ4v) is 5.81. The summed E-state index contributed by atoms with van der Waals surface area (Å²) < 4.78 is 0. The first-order chi connectivity index (χ1) is 18.7. The third-order valence-corrected chi connectivity index (χ3v) is 8.39. The summed E-state index contributed by atoms with van der Waals surface area (Å²) in [7, 11) is 0. The topological polar surface area (TPSA) is 49.3 Å². The van der Waals surface area contributed by atoms with Crippen LogP contribution in [0.5, 0.6) is 0 Å². The largest absolute Gasteiger partial charge is 0.465 e. The van der Waals surface area contributed by atoms with Gasteiger partial charge in [-0.2, -0.15) is 0 Å². The van der Waals surface area contributed by atoms with Crippen molar-refractivity contribution < 1.29 is 9.90 Å². The van der Waals surface area contributed by atoms with Gasteiger partial charge in [-0.15, -0.1) is 0 Å². The molecule has 2 N–H and O–H groups in total. The highest BCUT2D eigenvalue weighted by molar-refractivity contribution is 5.64. The quantitative estimate of drug-likeness (QED) is 0.0838. The smallest absolute Gasteiger partial charge is 0.404 e. The van der Waals surface area contributed by atoms with Crippen LogP contribution < -0.4 is 5.32 Å². The van der Waals surface area contributed by atoms with Crippen LogP contribution in [0.3, 0.4) is 0 Å². The molecule has 0 aliphatic heterocycles. The van der Waals surface area contributed by atoms with Crippen LogP contribution in [0, 0.1) is 0 Å². The van der Waals surface area contributed by atoms with Gasteiger partial charge >= 0.3 is 6.09 Å². The van der Waals surface area contributed by atoms with E-state index in [1.54, 1.807) is 0 Å². The Morgan fingerprint density at radius 3 is 0.842 bits per heavy atom. The Hall–Kier alpha value is -0.730. The van der Waals surface area contributed by atoms with Crippen molar-refractivity contribution >= 4 is 6.09 Å². The summed E-state index contributed by atoms with van der Waals surface area (Å²) in [6, 6.07) is 0.159. The van der Waals surface area contributed by atoms with Crippen LogP contribution in [0.2, 0.25) is 0 Å². The summed E-state index contributed by atoms with van der Waals surface area (Å²) in [6.45, 7) is 4.57. The Kier molecular flexibility index (Phi) is 31.9. The van der Waals surface area contributed by atoms with Crippen molar-refractivity contribution in [2.75, 3.05) is 0 Å². The number of amides is 1. The number of carboxylic acid groups (broad SMARTS) is 1. The Morgan fingerprint density at radius 1 is 0.421 bits per heavy atom. The van der Waals surface area contributed by atoms with E-state index in [-0.39, 0.29) is 6.04 Å². The molecule has 0 bridgehead atoms. The lowest BCUT2D eigenvalue weighted by Crippen LogP contribution is -2.33. The molecule has 0 aromatic heterocycles. The molecule has 1 amide bonds. The molecule has 1 atom stereocenters. The van der Waals surface area contributed by atoms with E-state index in [0.717, 1.165) is 12.8 Å². The molecule has 1 unspecified atom stereocenters. The second-order valence-electron chi connectivity index (χ2n) is 12.3. The number of rotatable bonds is 32. The van der Waals surface area contributed by atoms with Gasteiger partial charge in [-0.1, -0.05) is 200 Å². The summed E-state index contributed by atoms with van der Waals surface area (Å²) in [6.07, 6.45) is 41.1. The van der Waals surface area contributed by atoms with Crippen molar-refractivity contribution in [3.8, 4) is 0 Å². The first-order valence-corrected chi connectivity index (χ1v) is 17.7. The van der Waals surface area contributed by atoms with Crippen molar-refractivity contribution in [2.24, 2.45) is 0 Å². The van der Waals surface area contributed by atoms with Gasteiger partial charge in [0.15, 0.2) is 0 Å². The van der Waals surface area contributed by atoms with Crippen LogP contribution in [0.25, 0.3) is 0 Å². The summed E-state index contributed by atoms with van der Waals surface area (Å²) >= 11 is 0. The summed E-state index contributed by atoms with van der Waals surface area (Å²) in [4.78, 5) is 11.2. The molecule has 0 radical (unpaired) electrons. The van der Waals surface area contributed by atoms with Crippen LogP contribution in [-0.2, 0) is 0 Å². The van der Waals surface area contributed by atoms with Crippen molar-refractivity contribution in [3.05, 3.63) is 0 Å². The first-order valence-electron chi connectivity index (χ1n) is 17.7. The highest BCUT2D eigenvalue weighted by Crippen LogP contribution is 2.17. The highest BCUT2D eigenvalue weighted by Gasteiger charge is 2.10. The van der Waals surface area contributed by atoms with Crippen molar-refractivity contribution in [2.45, 2.75) is 219 Å². The maximum atomic E-state index is 11.2. The summed E-state index contributed by atoms with van der Waals surface area (Å²) in [5.41, 5.74) is 0. The number of unbranched alkanes of at least 4 members (excludes halogenated alkanes) is 27. The van der Waals surface area contributed by atoms with Crippen LogP contribution in [0.15, 0.2) is 0 Å². The molecule has 38 heavy (non-hydrogen) atoms. The van der Waals surface area contributed by atoms with Gasteiger partial charge in [0.1, 0.15) is 0 Å². The third kappa shape index (κ3) is 31.5. The number of nitrogens with one attached hydrogen (secondary N) is 1. The minimum Gasteiger partial charge on any atom is -0.465 e. The molecule has 3 heteroatoms. The van der Waals surface area contributed by atoms with Gasteiger partial charge in [0.2, 0.25) is 0 Å². The number of carbonyl (C=O) groups is 1. The lowest BCUT2D eigenvalue weighted by Gasteiger charge is -2.17. The average Bonchev–Trinajstić information content (AvgIpc) is 2.90. The fraction of sp³-hybridized carbons (Fsp3) is 0.971. The zero-order valence-corrected chi connectivity index (χ0v) is 26.4. The van der Waals surface area contributed by atoms with E-state index < -0.39 is 6.09 Å². The highest BCUT2D eigenvalue weighted by atomic mass is 16.4. The lowest BCUT2D eigenvalue weighted by atomic mass is 9.99. The van der Waals surface area contributed by atoms with E-state index in [0.29, 0.717) is 0 Å². The molecule has 0 saturated carbocycles. The molecule has 0 rings (SSSR count). The zero-order valence-electron chi connectivity index (χ0n) is 26.4. The standard InChI is InChI=1S/C35H71NO2/c1-3-5-7-9-11-13-15-17-19-21-23-25-27-29-31-33-34(36-35(37)38)32-30-28-26-24-22-20-18-16-14-12-10-8-6-4-2/h34,36H,3-33H2,1-2H3,(H,37,38). The van der Waals surface area contributed by atoms with E-state index in [4.69, 9.17) is 0 Å². The minimum atomic E-state index is -0.846. The Labute approximate surface area is 240 Å². The number of hydrogen-bond acceptors (Lipinski definition) is 1. The molecule has 0 fully saturated rings.